The van der Waals surface area contributed by atoms with Crippen molar-refractivity contribution in [2.45, 2.75) is 13.0 Å². The van der Waals surface area contributed by atoms with Crippen molar-refractivity contribution in [1.82, 2.24) is 5.32 Å². The number of rotatable bonds is 6. The summed E-state index contributed by atoms with van der Waals surface area (Å²) >= 11 is 17.7. The maximum Gasteiger partial charge on any atom is 0.225 e. The summed E-state index contributed by atoms with van der Waals surface area (Å²) < 4.78 is 0. The van der Waals surface area contributed by atoms with E-state index < -0.39 is 0 Å². The zero-order valence-corrected chi connectivity index (χ0v) is 14.0. The van der Waals surface area contributed by atoms with E-state index in [1.165, 1.54) is 0 Å². The first-order chi connectivity index (χ1) is 10.6. The van der Waals surface area contributed by atoms with Gasteiger partial charge in [-0.3, -0.25) is 4.79 Å². The second-order valence-electron chi connectivity index (χ2n) is 4.70. The summed E-state index contributed by atoms with van der Waals surface area (Å²) in [7, 11) is 0. The van der Waals surface area contributed by atoms with Crippen LogP contribution in [0.3, 0.4) is 0 Å². The van der Waals surface area contributed by atoms with Gasteiger partial charge in [0.15, 0.2) is 0 Å². The van der Waals surface area contributed by atoms with Crippen LogP contribution >= 0.6 is 34.8 Å². The van der Waals surface area contributed by atoms with Crippen LogP contribution in [0.4, 0.5) is 5.69 Å². The first-order valence-electron chi connectivity index (χ1n) is 6.75. The predicted molar refractivity (Wildman–Crippen MR) is 92.9 cm³/mol. The van der Waals surface area contributed by atoms with Gasteiger partial charge < -0.3 is 10.6 Å². The minimum atomic E-state index is -0.118. The summed E-state index contributed by atoms with van der Waals surface area (Å²) in [6.45, 7) is 1.25. The third-order valence-electron chi connectivity index (χ3n) is 3.00. The van der Waals surface area contributed by atoms with Crippen molar-refractivity contribution >= 4 is 46.4 Å². The van der Waals surface area contributed by atoms with Gasteiger partial charge in [0.25, 0.3) is 0 Å². The number of nitrogens with one attached hydrogen (secondary N) is 2. The van der Waals surface area contributed by atoms with Crippen LogP contribution in [0.25, 0.3) is 0 Å². The largest absolute Gasteiger partial charge is 0.325 e. The Morgan fingerprint density at radius 2 is 1.73 bits per heavy atom. The number of anilines is 1. The van der Waals surface area contributed by atoms with Crippen LogP contribution < -0.4 is 10.6 Å². The zero-order chi connectivity index (χ0) is 15.9. The highest BCUT2D eigenvalue weighted by atomic mass is 35.5. The van der Waals surface area contributed by atoms with E-state index >= 15 is 0 Å². The van der Waals surface area contributed by atoms with Crippen LogP contribution in [-0.4, -0.2) is 12.5 Å². The van der Waals surface area contributed by atoms with Crippen molar-refractivity contribution in [2.75, 3.05) is 11.9 Å². The molecule has 6 heteroatoms. The third-order valence-corrected chi connectivity index (χ3v) is 4.07. The van der Waals surface area contributed by atoms with Gasteiger partial charge in [0, 0.05) is 24.5 Å². The molecule has 2 aromatic carbocycles. The number of carbonyl (C=O) groups excluding carboxylic acids is 1. The average Bonchev–Trinajstić information content (AvgIpc) is 2.50. The fourth-order valence-corrected chi connectivity index (χ4v) is 2.32. The van der Waals surface area contributed by atoms with Gasteiger partial charge in [0.1, 0.15) is 0 Å². The molecule has 2 rings (SSSR count). The van der Waals surface area contributed by atoms with Gasteiger partial charge in [-0.2, -0.15) is 0 Å². The molecule has 1 amide bonds. The van der Waals surface area contributed by atoms with Gasteiger partial charge in [-0.25, -0.2) is 0 Å². The molecular formula is C16H15Cl3N2O. The van der Waals surface area contributed by atoms with E-state index in [0.29, 0.717) is 40.3 Å². The monoisotopic (exact) mass is 356 g/mol. The highest BCUT2D eigenvalue weighted by molar-refractivity contribution is 6.43. The molecule has 0 bridgehead atoms. The molecule has 0 fully saturated rings. The zero-order valence-electron chi connectivity index (χ0n) is 11.7. The Morgan fingerprint density at radius 1 is 1.00 bits per heavy atom. The van der Waals surface area contributed by atoms with E-state index in [0.717, 1.165) is 5.56 Å². The fraction of sp³-hybridized carbons (Fsp3) is 0.188. The summed E-state index contributed by atoms with van der Waals surface area (Å²) in [5, 5.41) is 7.43. The molecule has 2 aromatic rings. The predicted octanol–water partition coefficient (Wildman–Crippen LogP) is 4.77. The van der Waals surface area contributed by atoms with E-state index in [4.69, 9.17) is 34.8 Å². The maximum atomic E-state index is 11.9. The van der Waals surface area contributed by atoms with Gasteiger partial charge in [-0.05, 0) is 29.8 Å². The SMILES string of the molecule is O=C(CCNCc1ccc(Cl)cc1)Nc1cccc(Cl)c1Cl. The molecule has 0 unspecified atom stereocenters. The van der Waals surface area contributed by atoms with Crippen molar-refractivity contribution in [2.24, 2.45) is 0 Å². The minimum absolute atomic E-state index is 0.118. The molecule has 2 N–H and O–H groups in total. The molecule has 0 saturated heterocycles. The fourth-order valence-electron chi connectivity index (χ4n) is 1.85. The van der Waals surface area contributed by atoms with Gasteiger partial charge in [0.2, 0.25) is 5.91 Å². The molecule has 0 radical (unpaired) electrons. The summed E-state index contributed by atoms with van der Waals surface area (Å²) in [6, 6.07) is 12.7. The number of halogens is 3. The smallest absolute Gasteiger partial charge is 0.225 e. The lowest BCUT2D eigenvalue weighted by atomic mass is 10.2. The Balaban J connectivity index is 1.74. The van der Waals surface area contributed by atoms with Crippen LogP contribution in [0.2, 0.25) is 15.1 Å². The molecule has 0 atom stereocenters. The van der Waals surface area contributed by atoms with Crippen molar-refractivity contribution in [3.05, 3.63) is 63.1 Å². The summed E-state index contributed by atoms with van der Waals surface area (Å²) in [6.07, 6.45) is 0.344. The number of hydrogen-bond acceptors (Lipinski definition) is 2. The molecule has 3 nitrogen and oxygen atoms in total. The molecule has 0 aliphatic rings. The lowest BCUT2D eigenvalue weighted by molar-refractivity contribution is -0.116. The van der Waals surface area contributed by atoms with E-state index in [2.05, 4.69) is 10.6 Å². The standard InChI is InChI=1S/C16H15Cl3N2O/c17-12-6-4-11(5-7-12)10-20-9-8-15(22)21-14-3-1-2-13(18)16(14)19/h1-7,20H,8-10H2,(H,21,22). The van der Waals surface area contributed by atoms with Gasteiger partial charge in [-0.1, -0.05) is 53.0 Å². The molecule has 0 heterocycles. The van der Waals surface area contributed by atoms with Crippen LogP contribution in [0, 0.1) is 0 Å². The molecule has 116 valence electrons. The van der Waals surface area contributed by atoms with Crippen molar-refractivity contribution in [3.63, 3.8) is 0 Å². The van der Waals surface area contributed by atoms with Crippen molar-refractivity contribution in [3.8, 4) is 0 Å². The Labute approximate surface area is 144 Å². The van der Waals surface area contributed by atoms with Crippen LogP contribution in [0.15, 0.2) is 42.5 Å². The number of amides is 1. The Bertz CT molecular complexity index is 644. The van der Waals surface area contributed by atoms with Crippen LogP contribution in [0.1, 0.15) is 12.0 Å². The molecule has 22 heavy (non-hydrogen) atoms. The maximum absolute atomic E-state index is 11.9. The van der Waals surface area contributed by atoms with E-state index in [1.54, 1.807) is 18.2 Å². The van der Waals surface area contributed by atoms with E-state index in [9.17, 15) is 4.79 Å². The lowest BCUT2D eigenvalue weighted by Crippen LogP contribution is -2.21. The van der Waals surface area contributed by atoms with E-state index in [1.807, 2.05) is 24.3 Å². The number of carbonyl (C=O) groups is 1. The molecule has 0 aliphatic heterocycles. The van der Waals surface area contributed by atoms with Crippen molar-refractivity contribution in [1.29, 1.82) is 0 Å². The molecular weight excluding hydrogens is 343 g/mol. The second-order valence-corrected chi connectivity index (χ2v) is 5.92. The highest BCUT2D eigenvalue weighted by Gasteiger charge is 2.07. The van der Waals surface area contributed by atoms with Crippen LogP contribution in [0.5, 0.6) is 0 Å². The number of benzene rings is 2. The molecule has 0 aliphatic carbocycles. The minimum Gasteiger partial charge on any atom is -0.325 e. The molecule has 0 spiro atoms. The topological polar surface area (TPSA) is 41.1 Å². The van der Waals surface area contributed by atoms with Gasteiger partial charge in [-0.15, -0.1) is 0 Å². The summed E-state index contributed by atoms with van der Waals surface area (Å²) in [5.41, 5.74) is 1.64. The highest BCUT2D eigenvalue weighted by Crippen LogP contribution is 2.29. The van der Waals surface area contributed by atoms with Crippen molar-refractivity contribution < 1.29 is 4.79 Å². The first-order valence-corrected chi connectivity index (χ1v) is 7.88. The van der Waals surface area contributed by atoms with E-state index in [-0.39, 0.29) is 5.91 Å². The first kappa shape index (κ1) is 17.1. The third kappa shape index (κ3) is 5.18. The summed E-state index contributed by atoms with van der Waals surface area (Å²) in [4.78, 5) is 11.9. The quantitative estimate of drug-likeness (QED) is 0.731. The average molecular weight is 358 g/mol. The Morgan fingerprint density at radius 3 is 2.45 bits per heavy atom. The Hall–Kier alpha value is -1.26. The normalized spacial score (nSPS) is 10.5. The molecule has 0 aromatic heterocycles. The summed E-state index contributed by atoms with van der Waals surface area (Å²) in [5.74, 6) is -0.118. The Kier molecular flexibility index (Phi) is 6.52. The van der Waals surface area contributed by atoms with Crippen LogP contribution in [-0.2, 0) is 11.3 Å². The lowest BCUT2D eigenvalue weighted by Gasteiger charge is -2.09. The molecule has 0 saturated carbocycles. The van der Waals surface area contributed by atoms with Gasteiger partial charge in [0.05, 0.1) is 15.7 Å². The van der Waals surface area contributed by atoms with Gasteiger partial charge >= 0.3 is 0 Å². The number of hydrogen-bond donors (Lipinski definition) is 2. The second kappa shape index (κ2) is 8.39.